The zero-order chi connectivity index (χ0) is 12.7. The molecule has 98 valence electrons. The van der Waals surface area contributed by atoms with Gasteiger partial charge in [0, 0.05) is 19.1 Å². The summed E-state index contributed by atoms with van der Waals surface area (Å²) in [5.41, 5.74) is 0.108. The van der Waals surface area contributed by atoms with Gasteiger partial charge in [-0.05, 0) is 45.6 Å². The molecule has 0 radical (unpaired) electrons. The van der Waals surface area contributed by atoms with E-state index in [-0.39, 0.29) is 6.09 Å². The number of nitrogens with one attached hydrogen (secondary N) is 1. The third kappa shape index (κ3) is 2.92. The van der Waals surface area contributed by atoms with Crippen molar-refractivity contribution in [2.24, 2.45) is 5.41 Å². The summed E-state index contributed by atoms with van der Waals surface area (Å²) in [6, 6.07) is 0.323. The molecule has 1 amide bonds. The number of hydrogen-bond donors (Lipinski definition) is 1. The molecule has 0 aromatic carbocycles. The first-order chi connectivity index (χ1) is 7.82. The summed E-state index contributed by atoms with van der Waals surface area (Å²) in [5.74, 6) is 0. The van der Waals surface area contributed by atoms with Gasteiger partial charge in [0.15, 0.2) is 0 Å². The molecule has 4 nitrogen and oxygen atoms in total. The second-order valence-corrected chi connectivity index (χ2v) is 6.55. The molecule has 0 aromatic heterocycles. The van der Waals surface area contributed by atoms with Crippen LogP contribution in [0.3, 0.4) is 0 Å². The van der Waals surface area contributed by atoms with Crippen molar-refractivity contribution in [3.63, 3.8) is 0 Å². The molecule has 0 aromatic rings. The monoisotopic (exact) mass is 240 g/mol. The lowest BCUT2D eigenvalue weighted by Crippen LogP contribution is -2.66. The van der Waals surface area contributed by atoms with Crippen molar-refractivity contribution in [1.29, 1.82) is 0 Å². The van der Waals surface area contributed by atoms with Crippen LogP contribution in [0.1, 0.15) is 40.5 Å². The number of nitrogens with zero attached hydrogens (tertiary/aromatic N) is 1. The Hall–Kier alpha value is -0.770. The van der Waals surface area contributed by atoms with Gasteiger partial charge in [0.25, 0.3) is 0 Å². The lowest BCUT2D eigenvalue weighted by molar-refractivity contribution is -0.0761. The number of carbonyl (C=O) groups excluding carboxylic acids is 1. The maximum atomic E-state index is 11.6. The Balaban J connectivity index is 1.66. The number of ether oxygens (including phenoxy) is 1. The zero-order valence-corrected chi connectivity index (χ0v) is 11.4. The number of rotatable bonds is 2. The van der Waals surface area contributed by atoms with Crippen LogP contribution in [0.5, 0.6) is 0 Å². The molecule has 1 aliphatic carbocycles. The van der Waals surface area contributed by atoms with Crippen molar-refractivity contribution in [2.75, 3.05) is 19.6 Å². The first-order valence-electron chi connectivity index (χ1n) is 6.54. The fourth-order valence-electron chi connectivity index (χ4n) is 2.95. The molecule has 1 N–H and O–H groups in total. The summed E-state index contributed by atoms with van der Waals surface area (Å²) in [6.07, 6.45) is 1.95. The van der Waals surface area contributed by atoms with Gasteiger partial charge in [0.1, 0.15) is 5.60 Å². The average Bonchev–Trinajstić information content (AvgIpc) is 2.03. The number of alkyl carbamates (subject to hydrolysis) is 1. The van der Waals surface area contributed by atoms with Crippen LogP contribution in [-0.2, 0) is 4.74 Å². The van der Waals surface area contributed by atoms with E-state index in [0.717, 1.165) is 19.4 Å². The largest absolute Gasteiger partial charge is 0.444 e. The van der Waals surface area contributed by atoms with Crippen molar-refractivity contribution in [1.82, 2.24) is 10.2 Å². The van der Waals surface area contributed by atoms with Crippen LogP contribution < -0.4 is 5.32 Å². The van der Waals surface area contributed by atoms with Crippen LogP contribution in [-0.4, -0.2) is 42.3 Å². The van der Waals surface area contributed by atoms with Crippen LogP contribution in [0.4, 0.5) is 4.79 Å². The molecule has 1 saturated carbocycles. The fraction of sp³-hybridized carbons (Fsp3) is 0.923. The van der Waals surface area contributed by atoms with Gasteiger partial charge >= 0.3 is 6.09 Å². The normalized spacial score (nSPS) is 24.0. The van der Waals surface area contributed by atoms with Crippen LogP contribution in [0.2, 0.25) is 0 Å². The van der Waals surface area contributed by atoms with Crippen LogP contribution in [0.15, 0.2) is 0 Å². The zero-order valence-electron chi connectivity index (χ0n) is 11.4. The van der Waals surface area contributed by atoms with E-state index in [2.05, 4.69) is 17.1 Å². The van der Waals surface area contributed by atoms with Crippen LogP contribution in [0.25, 0.3) is 0 Å². The molecule has 2 aliphatic rings. The molecular formula is C13H24N2O2. The number of carbonyl (C=O) groups is 1. The molecule has 0 unspecified atom stereocenters. The van der Waals surface area contributed by atoms with Gasteiger partial charge in [0.2, 0.25) is 0 Å². The van der Waals surface area contributed by atoms with E-state index in [0.29, 0.717) is 11.5 Å². The van der Waals surface area contributed by atoms with E-state index in [1.165, 1.54) is 13.1 Å². The van der Waals surface area contributed by atoms with Gasteiger partial charge in [0.05, 0.1) is 0 Å². The van der Waals surface area contributed by atoms with Gasteiger partial charge in [-0.15, -0.1) is 0 Å². The standard InChI is InChI=1S/C13H24N2O2/c1-5-15-8-13(9-15)6-10(7-13)14-11(16)17-12(2,3)4/h10H,5-9H2,1-4H3,(H,14,16). The van der Waals surface area contributed by atoms with Crippen molar-refractivity contribution >= 4 is 6.09 Å². The molecule has 17 heavy (non-hydrogen) atoms. The van der Waals surface area contributed by atoms with Gasteiger partial charge < -0.3 is 15.0 Å². The lowest BCUT2D eigenvalue weighted by atomic mass is 9.60. The van der Waals surface area contributed by atoms with E-state index in [1.54, 1.807) is 0 Å². The summed E-state index contributed by atoms with van der Waals surface area (Å²) in [6.45, 7) is 11.4. The predicted molar refractivity (Wildman–Crippen MR) is 66.9 cm³/mol. The summed E-state index contributed by atoms with van der Waals surface area (Å²) in [7, 11) is 0. The van der Waals surface area contributed by atoms with Gasteiger partial charge in [-0.3, -0.25) is 0 Å². The minimum Gasteiger partial charge on any atom is -0.444 e. The van der Waals surface area contributed by atoms with Gasteiger partial charge in [-0.2, -0.15) is 0 Å². The van der Waals surface area contributed by atoms with Gasteiger partial charge in [-0.1, -0.05) is 6.92 Å². The maximum absolute atomic E-state index is 11.6. The summed E-state index contributed by atoms with van der Waals surface area (Å²) in [5, 5.41) is 2.95. The molecular weight excluding hydrogens is 216 g/mol. The topological polar surface area (TPSA) is 41.6 Å². The Kier molecular flexibility index (Phi) is 3.10. The Morgan fingerprint density at radius 3 is 2.47 bits per heavy atom. The minimum atomic E-state index is -0.402. The average molecular weight is 240 g/mol. The maximum Gasteiger partial charge on any atom is 0.407 e. The molecule has 2 fully saturated rings. The Morgan fingerprint density at radius 1 is 1.41 bits per heavy atom. The molecule has 2 rings (SSSR count). The third-order valence-corrected chi connectivity index (χ3v) is 3.64. The van der Waals surface area contributed by atoms with E-state index in [4.69, 9.17) is 4.74 Å². The second-order valence-electron chi connectivity index (χ2n) is 6.55. The lowest BCUT2D eigenvalue weighted by Gasteiger charge is -2.59. The van der Waals surface area contributed by atoms with Crippen LogP contribution >= 0.6 is 0 Å². The van der Waals surface area contributed by atoms with Crippen molar-refractivity contribution in [3.05, 3.63) is 0 Å². The Bertz CT molecular complexity index is 295. The molecule has 1 spiro atoms. The Morgan fingerprint density at radius 2 is 2.00 bits per heavy atom. The smallest absolute Gasteiger partial charge is 0.407 e. The summed E-state index contributed by atoms with van der Waals surface area (Å²) >= 11 is 0. The highest BCUT2D eigenvalue weighted by Crippen LogP contribution is 2.48. The minimum absolute atomic E-state index is 0.274. The molecule has 1 heterocycles. The third-order valence-electron chi connectivity index (χ3n) is 3.64. The first-order valence-corrected chi connectivity index (χ1v) is 6.54. The molecule has 1 saturated heterocycles. The Labute approximate surface area is 104 Å². The summed E-state index contributed by atoms with van der Waals surface area (Å²) < 4.78 is 5.25. The van der Waals surface area contributed by atoms with E-state index in [1.807, 2.05) is 20.8 Å². The highest BCUT2D eigenvalue weighted by molar-refractivity contribution is 5.68. The first kappa shape index (κ1) is 12.7. The van der Waals surface area contributed by atoms with E-state index in [9.17, 15) is 4.79 Å². The summed E-state index contributed by atoms with van der Waals surface area (Å²) in [4.78, 5) is 14.0. The van der Waals surface area contributed by atoms with E-state index >= 15 is 0 Å². The molecule has 1 aliphatic heterocycles. The van der Waals surface area contributed by atoms with Crippen molar-refractivity contribution < 1.29 is 9.53 Å². The van der Waals surface area contributed by atoms with E-state index < -0.39 is 5.60 Å². The number of amides is 1. The number of likely N-dealkylation sites (tertiary alicyclic amines) is 1. The predicted octanol–water partition coefficient (Wildman–Crippen LogP) is 2.00. The fourth-order valence-corrected chi connectivity index (χ4v) is 2.95. The SMILES string of the molecule is CCN1CC2(CC(NC(=O)OC(C)(C)C)C2)C1. The molecule has 4 heteroatoms. The highest BCUT2D eigenvalue weighted by atomic mass is 16.6. The van der Waals surface area contributed by atoms with Gasteiger partial charge in [-0.25, -0.2) is 4.79 Å². The van der Waals surface area contributed by atoms with Crippen LogP contribution in [0, 0.1) is 5.41 Å². The van der Waals surface area contributed by atoms with Crippen molar-refractivity contribution in [3.8, 4) is 0 Å². The van der Waals surface area contributed by atoms with Crippen molar-refractivity contribution in [2.45, 2.75) is 52.2 Å². The molecule has 0 atom stereocenters. The quantitative estimate of drug-likeness (QED) is 0.802. The highest BCUT2D eigenvalue weighted by Gasteiger charge is 2.52. The number of hydrogen-bond acceptors (Lipinski definition) is 3. The molecule has 0 bridgehead atoms. The second kappa shape index (κ2) is 4.16.